The smallest absolute Gasteiger partial charge is 0.0480 e. The van der Waals surface area contributed by atoms with E-state index in [1.807, 2.05) is 6.92 Å². The monoisotopic (exact) mass is 211 g/mol. The number of benzene rings is 1. The molecule has 0 saturated heterocycles. The molecule has 0 N–H and O–H groups in total. The molecule has 82 valence electrons. The number of rotatable bonds is 2. The predicted molar refractivity (Wildman–Crippen MR) is 69.4 cm³/mol. The van der Waals surface area contributed by atoms with Gasteiger partial charge in [0.2, 0.25) is 0 Å². The molecule has 1 nitrogen and oxygen atoms in total. The fourth-order valence-electron chi connectivity index (χ4n) is 2.09. The van der Waals surface area contributed by atoms with Crippen LogP contribution in [-0.4, -0.2) is 4.57 Å². The van der Waals surface area contributed by atoms with E-state index in [-0.39, 0.29) is 0 Å². The highest BCUT2D eigenvalue weighted by Crippen LogP contribution is 2.23. The maximum Gasteiger partial charge on any atom is 0.0480 e. The Morgan fingerprint density at radius 3 is 2.81 bits per heavy atom. The van der Waals surface area contributed by atoms with Crippen LogP contribution in [0.3, 0.4) is 0 Å². The summed E-state index contributed by atoms with van der Waals surface area (Å²) >= 11 is 0. The third-order valence-corrected chi connectivity index (χ3v) is 3.04. The molecule has 1 heteroatoms. The Kier molecular flexibility index (Phi) is 3.01. The van der Waals surface area contributed by atoms with E-state index in [1.165, 1.54) is 16.5 Å². The maximum absolute atomic E-state index is 3.27. The first-order valence-electron chi connectivity index (χ1n) is 5.73. The maximum atomic E-state index is 3.27. The highest BCUT2D eigenvalue weighted by atomic mass is 14.9. The van der Waals surface area contributed by atoms with Crippen molar-refractivity contribution in [1.29, 1.82) is 0 Å². The zero-order valence-corrected chi connectivity index (χ0v) is 10.1. The van der Waals surface area contributed by atoms with Crippen molar-refractivity contribution in [3.05, 3.63) is 36.0 Å². The summed E-state index contributed by atoms with van der Waals surface area (Å²) in [5.41, 5.74) is 2.61. The first kappa shape index (κ1) is 10.8. The Morgan fingerprint density at radius 1 is 1.31 bits per heavy atom. The van der Waals surface area contributed by atoms with Crippen LogP contribution in [0.4, 0.5) is 0 Å². The van der Waals surface area contributed by atoms with Crippen molar-refractivity contribution in [2.45, 2.75) is 26.2 Å². The molecule has 0 saturated carbocycles. The van der Waals surface area contributed by atoms with Gasteiger partial charge < -0.3 is 4.57 Å². The summed E-state index contributed by atoms with van der Waals surface area (Å²) in [7, 11) is 2.08. The van der Waals surface area contributed by atoms with Crippen LogP contribution < -0.4 is 0 Å². The van der Waals surface area contributed by atoms with Gasteiger partial charge in [-0.15, -0.1) is 5.92 Å². The van der Waals surface area contributed by atoms with Gasteiger partial charge in [0.15, 0.2) is 0 Å². The summed E-state index contributed by atoms with van der Waals surface area (Å²) in [4.78, 5) is 0. The molecule has 0 unspecified atom stereocenters. The molecule has 2 rings (SSSR count). The first-order valence-corrected chi connectivity index (χ1v) is 5.73. The average Bonchev–Trinajstić information content (AvgIpc) is 2.68. The highest BCUT2D eigenvalue weighted by molar-refractivity contribution is 5.81. The second-order valence-corrected chi connectivity index (χ2v) is 4.10. The van der Waals surface area contributed by atoms with E-state index in [9.17, 15) is 0 Å². The molecule has 0 fully saturated rings. The van der Waals surface area contributed by atoms with Gasteiger partial charge in [0.1, 0.15) is 0 Å². The van der Waals surface area contributed by atoms with Crippen LogP contribution in [-0.2, 0) is 7.05 Å². The molecule has 0 aliphatic heterocycles. The molecular formula is C15H17N. The van der Waals surface area contributed by atoms with Gasteiger partial charge in [0.05, 0.1) is 0 Å². The summed E-state index contributed by atoms with van der Waals surface area (Å²) in [5, 5.41) is 1.30. The van der Waals surface area contributed by atoms with Gasteiger partial charge in [-0.2, -0.15) is 0 Å². The molecule has 16 heavy (non-hydrogen) atoms. The fourth-order valence-corrected chi connectivity index (χ4v) is 2.09. The molecule has 0 bridgehead atoms. The average molecular weight is 211 g/mol. The van der Waals surface area contributed by atoms with E-state index in [2.05, 4.69) is 60.8 Å². The number of hydrogen-bond donors (Lipinski definition) is 0. The number of nitrogens with zero attached hydrogens (tertiary/aromatic N) is 1. The van der Waals surface area contributed by atoms with Gasteiger partial charge in [-0.1, -0.05) is 25.0 Å². The van der Waals surface area contributed by atoms with E-state index in [1.54, 1.807) is 0 Å². The van der Waals surface area contributed by atoms with Crippen molar-refractivity contribution in [3.63, 3.8) is 0 Å². The lowest BCUT2D eigenvalue weighted by Crippen LogP contribution is -1.94. The Labute approximate surface area is 97.1 Å². The summed E-state index contributed by atoms with van der Waals surface area (Å²) in [6, 6.07) is 8.78. The minimum Gasteiger partial charge on any atom is -0.351 e. The normalized spacial score (nSPS) is 12.2. The third kappa shape index (κ3) is 1.84. The highest BCUT2D eigenvalue weighted by Gasteiger charge is 2.07. The van der Waals surface area contributed by atoms with E-state index >= 15 is 0 Å². The van der Waals surface area contributed by atoms with Gasteiger partial charge in [-0.3, -0.25) is 0 Å². The largest absolute Gasteiger partial charge is 0.351 e. The van der Waals surface area contributed by atoms with Crippen LogP contribution in [0.2, 0.25) is 0 Å². The Morgan fingerprint density at radius 2 is 2.12 bits per heavy atom. The van der Waals surface area contributed by atoms with Crippen LogP contribution >= 0.6 is 0 Å². The van der Waals surface area contributed by atoms with Crippen LogP contribution in [0.15, 0.2) is 30.5 Å². The second-order valence-electron chi connectivity index (χ2n) is 4.10. The van der Waals surface area contributed by atoms with E-state index in [0.717, 1.165) is 6.42 Å². The topological polar surface area (TPSA) is 4.93 Å². The lowest BCUT2D eigenvalue weighted by molar-refractivity contribution is 0.829. The van der Waals surface area contributed by atoms with Crippen molar-refractivity contribution in [3.8, 4) is 11.8 Å². The molecule has 0 aliphatic carbocycles. The third-order valence-electron chi connectivity index (χ3n) is 3.04. The Bertz CT molecular complexity index is 552. The lowest BCUT2D eigenvalue weighted by Gasteiger charge is -2.09. The molecule has 0 radical (unpaired) electrons. The lowest BCUT2D eigenvalue weighted by atomic mass is 9.96. The number of fused-ring (bicyclic) bond motifs is 1. The van der Waals surface area contributed by atoms with E-state index < -0.39 is 0 Å². The van der Waals surface area contributed by atoms with Crippen molar-refractivity contribution in [2.75, 3.05) is 0 Å². The van der Waals surface area contributed by atoms with Crippen molar-refractivity contribution in [1.82, 2.24) is 4.57 Å². The molecule has 2 aromatic rings. The van der Waals surface area contributed by atoms with Crippen LogP contribution in [0, 0.1) is 11.8 Å². The molecule has 1 aromatic heterocycles. The van der Waals surface area contributed by atoms with Gasteiger partial charge in [0, 0.05) is 24.7 Å². The van der Waals surface area contributed by atoms with Gasteiger partial charge >= 0.3 is 0 Å². The van der Waals surface area contributed by atoms with Gasteiger partial charge in [0.25, 0.3) is 0 Å². The summed E-state index contributed by atoms with van der Waals surface area (Å²) in [5.74, 6) is 6.65. The van der Waals surface area contributed by atoms with Crippen LogP contribution in [0.25, 0.3) is 10.9 Å². The second kappa shape index (κ2) is 4.45. The summed E-state index contributed by atoms with van der Waals surface area (Å²) < 4.78 is 2.16. The quantitative estimate of drug-likeness (QED) is 0.667. The first-order chi connectivity index (χ1) is 7.76. The van der Waals surface area contributed by atoms with Gasteiger partial charge in [-0.05, 0) is 36.4 Å². The number of aryl methyl sites for hydroxylation is 1. The zero-order chi connectivity index (χ0) is 11.5. The summed E-state index contributed by atoms with van der Waals surface area (Å²) in [6.07, 6.45) is 3.16. The van der Waals surface area contributed by atoms with E-state index in [0.29, 0.717) is 5.92 Å². The van der Waals surface area contributed by atoms with Gasteiger partial charge in [-0.25, -0.2) is 0 Å². The predicted octanol–water partition coefficient (Wildman–Crippen LogP) is 3.70. The molecule has 1 atom stereocenters. The summed E-state index contributed by atoms with van der Waals surface area (Å²) in [6.45, 7) is 4.09. The molecule has 1 aromatic carbocycles. The minimum atomic E-state index is 0.365. The SMILES string of the molecule is CC#C[C@@H](CC)c1ccc2ccn(C)c2c1. The number of aromatic nitrogens is 1. The van der Waals surface area contributed by atoms with E-state index in [4.69, 9.17) is 0 Å². The molecule has 0 spiro atoms. The van der Waals surface area contributed by atoms with Crippen LogP contribution in [0.1, 0.15) is 31.7 Å². The van der Waals surface area contributed by atoms with Crippen molar-refractivity contribution >= 4 is 10.9 Å². The molecule has 0 amide bonds. The Balaban J connectivity index is 2.51. The minimum absolute atomic E-state index is 0.365. The number of hydrogen-bond acceptors (Lipinski definition) is 0. The van der Waals surface area contributed by atoms with Crippen LogP contribution in [0.5, 0.6) is 0 Å². The fraction of sp³-hybridized carbons (Fsp3) is 0.333. The standard InChI is InChI=1S/C15H17N/c1-4-6-12(5-2)14-8-7-13-9-10-16(3)15(13)11-14/h7-12H,5H2,1-3H3/t12-/m1/s1. The molecule has 0 aliphatic rings. The molecule has 1 heterocycles. The zero-order valence-electron chi connectivity index (χ0n) is 10.1. The van der Waals surface area contributed by atoms with Crippen molar-refractivity contribution < 1.29 is 0 Å². The molecular weight excluding hydrogens is 194 g/mol. The Hall–Kier alpha value is -1.68. The van der Waals surface area contributed by atoms with Crippen molar-refractivity contribution in [2.24, 2.45) is 7.05 Å².